The third-order valence-electron chi connectivity index (χ3n) is 4.58. The van der Waals surface area contributed by atoms with Crippen LogP contribution in [0.2, 0.25) is 0 Å². The van der Waals surface area contributed by atoms with Crippen molar-refractivity contribution in [3.8, 4) is 0 Å². The lowest BCUT2D eigenvalue weighted by molar-refractivity contribution is -0.139. The molecule has 0 aliphatic heterocycles. The molecule has 2 aromatic carbocycles. The molecule has 0 spiro atoms. The molecular formula is C22H25F2N3O4. The second-order valence-corrected chi connectivity index (χ2v) is 7.65. The summed E-state index contributed by atoms with van der Waals surface area (Å²) in [7, 11) is 0. The van der Waals surface area contributed by atoms with Crippen LogP contribution in [0.1, 0.15) is 41.8 Å². The Kier molecular flexibility index (Phi) is 7.68. The number of hydrogen-bond acceptors (Lipinski definition) is 3. The molecule has 7 nitrogen and oxygen atoms in total. The van der Waals surface area contributed by atoms with Crippen LogP contribution >= 0.6 is 0 Å². The minimum Gasteiger partial charge on any atom is -0.480 e. The van der Waals surface area contributed by atoms with Gasteiger partial charge in [0.2, 0.25) is 0 Å². The second kappa shape index (κ2) is 10.0. The lowest BCUT2D eigenvalue weighted by atomic mass is 10.0. The van der Waals surface area contributed by atoms with Gasteiger partial charge in [-0.2, -0.15) is 0 Å². The molecule has 0 unspecified atom stereocenters. The minimum absolute atomic E-state index is 0.0351. The van der Waals surface area contributed by atoms with Gasteiger partial charge in [0.05, 0.1) is 11.3 Å². The normalized spacial score (nSPS) is 11.7. The Labute approximate surface area is 178 Å². The summed E-state index contributed by atoms with van der Waals surface area (Å²) in [5.74, 6) is -4.81. The molecule has 0 aliphatic rings. The van der Waals surface area contributed by atoms with E-state index >= 15 is 0 Å². The molecular weight excluding hydrogens is 408 g/mol. The SMILES string of the molecule is Cc1cccc(C)c1NC(=O)Nc1cc(F)c(F)cc1C(=O)N[C@@H](CC(C)C)C(=O)O. The smallest absolute Gasteiger partial charge is 0.326 e. The van der Waals surface area contributed by atoms with Crippen LogP contribution in [0.15, 0.2) is 30.3 Å². The molecule has 0 heterocycles. The van der Waals surface area contributed by atoms with E-state index in [2.05, 4.69) is 16.0 Å². The Morgan fingerprint density at radius 2 is 1.58 bits per heavy atom. The average molecular weight is 433 g/mol. The molecule has 3 amide bonds. The van der Waals surface area contributed by atoms with Crippen molar-refractivity contribution in [1.82, 2.24) is 5.32 Å². The van der Waals surface area contributed by atoms with Gasteiger partial charge in [-0.05, 0) is 43.4 Å². The fraction of sp³-hybridized carbons (Fsp3) is 0.318. The van der Waals surface area contributed by atoms with E-state index in [9.17, 15) is 28.3 Å². The molecule has 0 saturated heterocycles. The van der Waals surface area contributed by atoms with Crippen molar-refractivity contribution in [3.05, 3.63) is 58.7 Å². The van der Waals surface area contributed by atoms with Crippen molar-refractivity contribution in [3.63, 3.8) is 0 Å². The molecule has 31 heavy (non-hydrogen) atoms. The van der Waals surface area contributed by atoms with Gasteiger partial charge in [-0.3, -0.25) is 4.79 Å². The van der Waals surface area contributed by atoms with Crippen LogP contribution in [0.3, 0.4) is 0 Å². The maximum Gasteiger partial charge on any atom is 0.326 e. The monoisotopic (exact) mass is 433 g/mol. The van der Waals surface area contributed by atoms with Gasteiger partial charge in [0.1, 0.15) is 6.04 Å². The van der Waals surface area contributed by atoms with Crippen molar-refractivity contribution in [2.45, 2.75) is 40.2 Å². The molecule has 0 bridgehead atoms. The third kappa shape index (κ3) is 6.24. The van der Waals surface area contributed by atoms with Crippen LogP contribution in [0, 0.1) is 31.4 Å². The first-order chi connectivity index (χ1) is 14.5. The largest absolute Gasteiger partial charge is 0.480 e. The quantitative estimate of drug-likeness (QED) is 0.517. The van der Waals surface area contributed by atoms with Crippen molar-refractivity contribution < 1.29 is 28.3 Å². The fourth-order valence-corrected chi connectivity index (χ4v) is 3.05. The summed E-state index contributed by atoms with van der Waals surface area (Å²) < 4.78 is 27.6. The van der Waals surface area contributed by atoms with E-state index in [4.69, 9.17) is 0 Å². The predicted octanol–water partition coefficient (Wildman–Crippen LogP) is 4.45. The van der Waals surface area contributed by atoms with E-state index in [-0.39, 0.29) is 18.0 Å². The van der Waals surface area contributed by atoms with Crippen molar-refractivity contribution >= 4 is 29.3 Å². The number of carboxylic acids is 1. The summed E-state index contributed by atoms with van der Waals surface area (Å²) in [6.07, 6.45) is 0.139. The number of urea groups is 1. The molecule has 2 aromatic rings. The highest BCUT2D eigenvalue weighted by Gasteiger charge is 2.25. The zero-order valence-electron chi connectivity index (χ0n) is 17.7. The van der Waals surface area contributed by atoms with Gasteiger partial charge in [0.25, 0.3) is 5.91 Å². The Hall–Kier alpha value is -3.49. The molecule has 2 rings (SSSR count). The maximum absolute atomic E-state index is 13.8. The molecule has 9 heteroatoms. The molecule has 0 aromatic heterocycles. The number of carbonyl (C=O) groups excluding carboxylic acids is 2. The number of anilines is 2. The Bertz CT molecular complexity index is 988. The van der Waals surface area contributed by atoms with Crippen LogP contribution in [-0.4, -0.2) is 29.1 Å². The highest BCUT2D eigenvalue weighted by Crippen LogP contribution is 2.23. The van der Waals surface area contributed by atoms with Crippen LogP contribution < -0.4 is 16.0 Å². The fourth-order valence-electron chi connectivity index (χ4n) is 3.05. The molecule has 166 valence electrons. The zero-order valence-corrected chi connectivity index (χ0v) is 17.7. The number of aliphatic carboxylic acids is 1. The molecule has 0 saturated carbocycles. The van der Waals surface area contributed by atoms with Gasteiger partial charge in [0.15, 0.2) is 11.6 Å². The standard InChI is InChI=1S/C22H25F2N3O4/c1-11(2)8-18(21(29)30)25-20(28)14-9-15(23)16(24)10-17(14)26-22(31)27-19-12(3)6-5-7-13(19)4/h5-7,9-11,18H,8H2,1-4H3,(H,25,28)(H,29,30)(H2,26,27,31)/t18-/m0/s1. The van der Waals surface area contributed by atoms with Gasteiger partial charge < -0.3 is 21.1 Å². The lowest BCUT2D eigenvalue weighted by Gasteiger charge is -2.18. The van der Waals surface area contributed by atoms with Crippen LogP contribution in [0.4, 0.5) is 25.0 Å². The molecule has 0 fully saturated rings. The third-order valence-corrected chi connectivity index (χ3v) is 4.58. The topological polar surface area (TPSA) is 108 Å². The first-order valence-electron chi connectivity index (χ1n) is 9.66. The Balaban J connectivity index is 2.29. The number of nitrogens with one attached hydrogen (secondary N) is 3. The summed E-state index contributed by atoms with van der Waals surface area (Å²) in [5.41, 5.74) is 1.42. The predicted molar refractivity (Wildman–Crippen MR) is 113 cm³/mol. The molecule has 0 aliphatic carbocycles. The number of halogens is 2. The van der Waals surface area contributed by atoms with E-state index < -0.39 is 41.1 Å². The molecule has 4 N–H and O–H groups in total. The van der Waals surface area contributed by atoms with Crippen LogP contribution in [-0.2, 0) is 4.79 Å². The van der Waals surface area contributed by atoms with Crippen molar-refractivity contribution in [1.29, 1.82) is 0 Å². The van der Waals surface area contributed by atoms with Gasteiger partial charge in [-0.25, -0.2) is 18.4 Å². The number of carbonyl (C=O) groups is 3. The van der Waals surface area contributed by atoms with E-state index in [1.54, 1.807) is 39.8 Å². The highest BCUT2D eigenvalue weighted by atomic mass is 19.2. The van der Waals surface area contributed by atoms with Gasteiger partial charge in [-0.15, -0.1) is 0 Å². The van der Waals surface area contributed by atoms with Crippen molar-refractivity contribution in [2.75, 3.05) is 10.6 Å². The Morgan fingerprint density at radius 1 is 1.00 bits per heavy atom. The minimum atomic E-state index is -1.30. The molecule has 1 atom stereocenters. The lowest BCUT2D eigenvalue weighted by Crippen LogP contribution is -2.42. The van der Waals surface area contributed by atoms with E-state index in [0.29, 0.717) is 17.8 Å². The average Bonchev–Trinajstić information content (AvgIpc) is 2.66. The first kappa shape index (κ1) is 23.8. The summed E-state index contributed by atoms with van der Waals surface area (Å²) in [6, 6.07) is 4.70. The van der Waals surface area contributed by atoms with E-state index in [1.807, 2.05) is 6.07 Å². The number of para-hydroxylation sites is 1. The number of amides is 3. The number of rotatable bonds is 7. The van der Waals surface area contributed by atoms with Gasteiger partial charge in [0, 0.05) is 11.8 Å². The Morgan fingerprint density at radius 3 is 2.13 bits per heavy atom. The highest BCUT2D eigenvalue weighted by molar-refractivity contribution is 6.07. The number of benzene rings is 2. The van der Waals surface area contributed by atoms with E-state index in [1.165, 1.54) is 0 Å². The number of aryl methyl sites for hydroxylation is 2. The zero-order chi connectivity index (χ0) is 23.3. The van der Waals surface area contributed by atoms with Crippen LogP contribution in [0.5, 0.6) is 0 Å². The van der Waals surface area contributed by atoms with Gasteiger partial charge >= 0.3 is 12.0 Å². The molecule has 0 radical (unpaired) electrons. The number of carboxylic acid groups (broad SMARTS) is 1. The second-order valence-electron chi connectivity index (χ2n) is 7.65. The maximum atomic E-state index is 13.8. The summed E-state index contributed by atoms with van der Waals surface area (Å²) >= 11 is 0. The van der Waals surface area contributed by atoms with Gasteiger partial charge in [-0.1, -0.05) is 32.0 Å². The van der Waals surface area contributed by atoms with Crippen molar-refractivity contribution in [2.24, 2.45) is 5.92 Å². The summed E-state index contributed by atoms with van der Waals surface area (Å²) in [5, 5.41) is 16.6. The van der Waals surface area contributed by atoms with Crippen LogP contribution in [0.25, 0.3) is 0 Å². The first-order valence-corrected chi connectivity index (χ1v) is 9.66. The summed E-state index contributed by atoms with van der Waals surface area (Å²) in [4.78, 5) is 36.5. The summed E-state index contributed by atoms with van der Waals surface area (Å²) in [6.45, 7) is 7.15. The number of hydrogen-bond donors (Lipinski definition) is 4. The van der Waals surface area contributed by atoms with E-state index in [0.717, 1.165) is 11.1 Å².